The molecule has 0 aliphatic carbocycles. The molecule has 1 heterocycles. The number of rotatable bonds is 7. The molecule has 0 saturated carbocycles. The fourth-order valence-corrected chi connectivity index (χ4v) is 2.72. The molecule has 0 fully saturated rings. The Morgan fingerprint density at radius 2 is 1.95 bits per heavy atom. The summed E-state index contributed by atoms with van der Waals surface area (Å²) < 4.78 is 16.9. The quantitative estimate of drug-likeness (QED) is 0.780. The maximum Gasteiger partial charge on any atom is 0.172 e. The summed E-state index contributed by atoms with van der Waals surface area (Å²) in [6, 6.07) is 8.09. The third-order valence-electron chi connectivity index (χ3n) is 3.65. The van der Waals surface area contributed by atoms with E-state index in [0.717, 1.165) is 25.2 Å². The Morgan fingerprint density at radius 3 is 2.65 bits per heavy atom. The monoisotopic (exact) mass is 279 g/mol. The molecule has 0 radical (unpaired) electrons. The number of para-hydroxylation sites is 1. The minimum absolute atomic E-state index is 0.119. The van der Waals surface area contributed by atoms with Crippen LogP contribution in [0.3, 0.4) is 0 Å². The number of hydrogen-bond acceptors (Lipinski definition) is 4. The fraction of sp³-hybridized carbons (Fsp3) is 0.625. The van der Waals surface area contributed by atoms with Gasteiger partial charge in [-0.15, -0.1) is 0 Å². The second-order valence-electron chi connectivity index (χ2n) is 5.05. The van der Waals surface area contributed by atoms with Crippen molar-refractivity contribution in [2.24, 2.45) is 5.73 Å². The van der Waals surface area contributed by atoms with E-state index in [-0.39, 0.29) is 12.3 Å². The van der Waals surface area contributed by atoms with Gasteiger partial charge in [0.25, 0.3) is 0 Å². The second-order valence-corrected chi connectivity index (χ2v) is 5.05. The molecular formula is C16H25NO3. The first-order chi connectivity index (χ1) is 9.76. The maximum atomic E-state index is 6.29. The van der Waals surface area contributed by atoms with E-state index in [1.807, 2.05) is 26.0 Å². The minimum Gasteiger partial charge on any atom is -0.493 e. The third kappa shape index (κ3) is 3.72. The van der Waals surface area contributed by atoms with Gasteiger partial charge in [-0.1, -0.05) is 18.2 Å². The van der Waals surface area contributed by atoms with E-state index >= 15 is 0 Å². The number of hydrogen-bond donors (Lipinski definition) is 1. The van der Waals surface area contributed by atoms with Gasteiger partial charge in [-0.2, -0.15) is 0 Å². The number of benzene rings is 1. The lowest BCUT2D eigenvalue weighted by Crippen LogP contribution is -2.40. The van der Waals surface area contributed by atoms with Gasteiger partial charge in [0.2, 0.25) is 0 Å². The van der Waals surface area contributed by atoms with E-state index in [1.165, 1.54) is 5.56 Å². The molecule has 112 valence electrons. The van der Waals surface area contributed by atoms with Gasteiger partial charge in [0.1, 0.15) is 5.75 Å². The average Bonchev–Trinajstić information content (AvgIpc) is 2.47. The van der Waals surface area contributed by atoms with Crippen molar-refractivity contribution >= 4 is 0 Å². The summed E-state index contributed by atoms with van der Waals surface area (Å²) >= 11 is 0. The average molecular weight is 279 g/mol. The van der Waals surface area contributed by atoms with Crippen LogP contribution >= 0.6 is 0 Å². The van der Waals surface area contributed by atoms with Gasteiger partial charge in [0.15, 0.2) is 6.29 Å². The van der Waals surface area contributed by atoms with Crippen LogP contribution in [0.25, 0.3) is 0 Å². The van der Waals surface area contributed by atoms with Crippen molar-refractivity contribution in [1.29, 1.82) is 0 Å². The number of ether oxygens (including phenoxy) is 3. The van der Waals surface area contributed by atoms with E-state index < -0.39 is 0 Å². The molecule has 1 aliphatic heterocycles. The van der Waals surface area contributed by atoms with Crippen LogP contribution in [-0.4, -0.2) is 32.2 Å². The summed E-state index contributed by atoms with van der Waals surface area (Å²) in [4.78, 5) is 0. The van der Waals surface area contributed by atoms with E-state index in [4.69, 9.17) is 19.9 Å². The molecule has 4 heteroatoms. The van der Waals surface area contributed by atoms with Crippen LogP contribution < -0.4 is 10.5 Å². The van der Waals surface area contributed by atoms with Gasteiger partial charge < -0.3 is 19.9 Å². The van der Waals surface area contributed by atoms with Crippen LogP contribution in [0, 0.1) is 0 Å². The van der Waals surface area contributed by atoms with E-state index in [9.17, 15) is 0 Å². The predicted molar refractivity (Wildman–Crippen MR) is 78.9 cm³/mol. The zero-order chi connectivity index (χ0) is 14.4. The molecule has 1 aliphatic rings. The third-order valence-corrected chi connectivity index (χ3v) is 3.65. The van der Waals surface area contributed by atoms with Crippen molar-refractivity contribution in [3.05, 3.63) is 29.8 Å². The predicted octanol–water partition coefficient (Wildman–Crippen LogP) is 2.67. The summed E-state index contributed by atoms with van der Waals surface area (Å²) in [6.07, 6.45) is 1.53. The molecule has 0 aromatic heterocycles. The van der Waals surface area contributed by atoms with E-state index in [0.29, 0.717) is 19.1 Å². The smallest absolute Gasteiger partial charge is 0.172 e. The van der Waals surface area contributed by atoms with Crippen molar-refractivity contribution in [3.63, 3.8) is 0 Å². The maximum absolute atomic E-state index is 6.29. The summed E-state index contributed by atoms with van der Waals surface area (Å²) in [5.74, 6) is 1.40. The SMILES string of the molecule is CCOC(OCC)C(N)CC1CCOc2ccccc21. The molecule has 0 bridgehead atoms. The molecule has 2 N–H and O–H groups in total. The van der Waals surface area contributed by atoms with Gasteiger partial charge in [-0.05, 0) is 44.2 Å². The van der Waals surface area contributed by atoms with Crippen LogP contribution in [0.4, 0.5) is 0 Å². The van der Waals surface area contributed by atoms with Crippen LogP contribution in [0.2, 0.25) is 0 Å². The lowest BCUT2D eigenvalue weighted by Gasteiger charge is -2.30. The Labute approximate surface area is 121 Å². The van der Waals surface area contributed by atoms with Crippen molar-refractivity contribution in [2.45, 2.75) is 44.9 Å². The first-order valence-electron chi connectivity index (χ1n) is 7.46. The minimum atomic E-state index is -0.319. The van der Waals surface area contributed by atoms with Crippen molar-refractivity contribution in [2.75, 3.05) is 19.8 Å². The van der Waals surface area contributed by atoms with Crippen LogP contribution in [-0.2, 0) is 9.47 Å². The topological polar surface area (TPSA) is 53.7 Å². The summed E-state index contributed by atoms with van der Waals surface area (Å²) in [6.45, 7) is 5.90. The number of fused-ring (bicyclic) bond motifs is 1. The molecule has 1 aromatic carbocycles. The standard InChI is InChI=1S/C16H25NO3/c1-3-18-16(19-4-2)14(17)11-12-9-10-20-15-8-6-5-7-13(12)15/h5-8,12,14,16H,3-4,9-11,17H2,1-2H3. The molecule has 2 unspecified atom stereocenters. The van der Waals surface area contributed by atoms with Crippen LogP contribution in [0.1, 0.15) is 38.2 Å². The number of nitrogens with two attached hydrogens (primary N) is 1. The van der Waals surface area contributed by atoms with Gasteiger partial charge in [0.05, 0.1) is 12.6 Å². The molecule has 0 saturated heterocycles. The Morgan fingerprint density at radius 1 is 1.25 bits per heavy atom. The molecule has 4 nitrogen and oxygen atoms in total. The summed E-state index contributed by atoms with van der Waals surface area (Å²) in [5, 5.41) is 0. The molecule has 0 spiro atoms. The molecular weight excluding hydrogens is 254 g/mol. The van der Waals surface area contributed by atoms with Crippen molar-refractivity contribution in [3.8, 4) is 5.75 Å². The highest BCUT2D eigenvalue weighted by atomic mass is 16.7. The Hall–Kier alpha value is -1.10. The van der Waals surface area contributed by atoms with E-state index in [2.05, 4.69) is 12.1 Å². The zero-order valence-corrected chi connectivity index (χ0v) is 12.4. The van der Waals surface area contributed by atoms with Gasteiger partial charge in [-0.25, -0.2) is 0 Å². The lowest BCUT2D eigenvalue weighted by atomic mass is 9.87. The molecule has 0 amide bonds. The fourth-order valence-electron chi connectivity index (χ4n) is 2.72. The molecule has 2 atom stereocenters. The Kier molecular flexibility index (Phi) is 5.83. The van der Waals surface area contributed by atoms with Gasteiger partial charge in [0, 0.05) is 13.2 Å². The van der Waals surface area contributed by atoms with E-state index in [1.54, 1.807) is 0 Å². The summed E-state index contributed by atoms with van der Waals surface area (Å²) in [5.41, 5.74) is 7.54. The van der Waals surface area contributed by atoms with Gasteiger partial charge in [-0.3, -0.25) is 0 Å². The highest BCUT2D eigenvalue weighted by Crippen LogP contribution is 2.36. The Bertz CT molecular complexity index is 404. The normalized spacial score (nSPS) is 19.5. The summed E-state index contributed by atoms with van der Waals surface area (Å²) in [7, 11) is 0. The van der Waals surface area contributed by atoms with Crippen molar-refractivity contribution < 1.29 is 14.2 Å². The first kappa shape index (κ1) is 15.3. The highest BCUT2D eigenvalue weighted by molar-refractivity contribution is 5.37. The molecule has 1 aromatic rings. The van der Waals surface area contributed by atoms with Crippen LogP contribution in [0.15, 0.2) is 24.3 Å². The zero-order valence-electron chi connectivity index (χ0n) is 12.4. The van der Waals surface area contributed by atoms with Crippen molar-refractivity contribution in [1.82, 2.24) is 0 Å². The molecule has 2 rings (SSSR count). The first-order valence-corrected chi connectivity index (χ1v) is 7.46. The van der Waals surface area contributed by atoms with Gasteiger partial charge >= 0.3 is 0 Å². The molecule has 20 heavy (non-hydrogen) atoms. The highest BCUT2D eigenvalue weighted by Gasteiger charge is 2.27. The largest absolute Gasteiger partial charge is 0.493 e. The lowest BCUT2D eigenvalue weighted by molar-refractivity contribution is -0.150. The second kappa shape index (κ2) is 7.62. The van der Waals surface area contributed by atoms with Crippen LogP contribution in [0.5, 0.6) is 5.75 Å². The Balaban J connectivity index is 2.02.